The molecule has 0 unspecified atom stereocenters. The molecule has 1 N–H and O–H groups in total. The van der Waals surface area contributed by atoms with Gasteiger partial charge in [-0.25, -0.2) is 8.42 Å². The molecule has 0 spiro atoms. The maximum absolute atomic E-state index is 13.0. The van der Waals surface area contributed by atoms with Gasteiger partial charge in [-0.05, 0) is 51.2 Å². The van der Waals surface area contributed by atoms with Gasteiger partial charge in [0.2, 0.25) is 15.9 Å². The van der Waals surface area contributed by atoms with Crippen LogP contribution in [0, 0.1) is 5.41 Å². The SMILES string of the molecule is CC(C)(C)CCCOC(=O)CCC(=O)NCCOCCN(C(C)(C)C)S(=O)(=O)c1ccccc1. The summed E-state index contributed by atoms with van der Waals surface area (Å²) < 4.78 is 38.2. The minimum Gasteiger partial charge on any atom is -0.466 e. The first-order valence-electron chi connectivity index (χ1n) is 11.8. The second-order valence-electron chi connectivity index (χ2n) is 10.4. The first-order valence-corrected chi connectivity index (χ1v) is 13.3. The van der Waals surface area contributed by atoms with Crippen LogP contribution in [0.4, 0.5) is 0 Å². The summed E-state index contributed by atoms with van der Waals surface area (Å²) in [5, 5.41) is 2.70. The first-order chi connectivity index (χ1) is 15.7. The molecule has 9 heteroatoms. The van der Waals surface area contributed by atoms with Crippen LogP contribution in [-0.4, -0.2) is 63.0 Å². The van der Waals surface area contributed by atoms with Gasteiger partial charge in [0, 0.05) is 25.0 Å². The molecule has 0 fully saturated rings. The molecule has 0 saturated carbocycles. The number of nitrogens with one attached hydrogen (secondary N) is 1. The van der Waals surface area contributed by atoms with Crippen LogP contribution in [0.2, 0.25) is 0 Å². The number of benzene rings is 1. The number of esters is 1. The van der Waals surface area contributed by atoms with Crippen LogP contribution < -0.4 is 5.32 Å². The maximum Gasteiger partial charge on any atom is 0.306 e. The number of amides is 1. The van der Waals surface area contributed by atoms with E-state index in [1.165, 1.54) is 4.31 Å². The van der Waals surface area contributed by atoms with Crippen LogP contribution in [-0.2, 0) is 29.1 Å². The van der Waals surface area contributed by atoms with Crippen molar-refractivity contribution in [2.75, 3.05) is 32.9 Å². The lowest BCUT2D eigenvalue weighted by molar-refractivity contribution is -0.145. The van der Waals surface area contributed by atoms with Gasteiger partial charge in [0.15, 0.2) is 0 Å². The van der Waals surface area contributed by atoms with Crippen LogP contribution in [0.15, 0.2) is 35.2 Å². The zero-order valence-corrected chi connectivity index (χ0v) is 22.4. The Morgan fingerprint density at radius 2 is 1.59 bits per heavy atom. The predicted molar refractivity (Wildman–Crippen MR) is 133 cm³/mol. The van der Waals surface area contributed by atoms with Crippen molar-refractivity contribution in [1.82, 2.24) is 9.62 Å². The molecule has 0 atom stereocenters. The van der Waals surface area contributed by atoms with Gasteiger partial charge >= 0.3 is 5.97 Å². The molecule has 0 aromatic heterocycles. The molecule has 0 saturated heterocycles. The Morgan fingerprint density at radius 1 is 0.941 bits per heavy atom. The lowest BCUT2D eigenvalue weighted by atomic mass is 9.91. The topological polar surface area (TPSA) is 102 Å². The van der Waals surface area contributed by atoms with E-state index in [9.17, 15) is 18.0 Å². The zero-order chi connectivity index (χ0) is 25.8. The first kappa shape index (κ1) is 30.1. The zero-order valence-electron chi connectivity index (χ0n) is 21.6. The van der Waals surface area contributed by atoms with E-state index >= 15 is 0 Å². The minimum atomic E-state index is -3.66. The van der Waals surface area contributed by atoms with Crippen molar-refractivity contribution in [3.8, 4) is 0 Å². The monoisotopic (exact) mass is 498 g/mol. The van der Waals surface area contributed by atoms with Crippen LogP contribution in [0.3, 0.4) is 0 Å². The van der Waals surface area contributed by atoms with Crippen molar-refractivity contribution < 1.29 is 27.5 Å². The molecule has 194 valence electrons. The Hall–Kier alpha value is -1.97. The third kappa shape index (κ3) is 11.9. The summed E-state index contributed by atoms with van der Waals surface area (Å²) in [5.74, 6) is -0.625. The fourth-order valence-electron chi connectivity index (χ4n) is 3.21. The number of sulfonamides is 1. The van der Waals surface area contributed by atoms with E-state index in [2.05, 4.69) is 26.1 Å². The van der Waals surface area contributed by atoms with Crippen molar-refractivity contribution in [1.29, 1.82) is 0 Å². The molecule has 8 nitrogen and oxygen atoms in total. The molecule has 0 heterocycles. The highest BCUT2D eigenvalue weighted by atomic mass is 32.2. The summed E-state index contributed by atoms with van der Waals surface area (Å²) >= 11 is 0. The molecule has 34 heavy (non-hydrogen) atoms. The van der Waals surface area contributed by atoms with Crippen LogP contribution in [0.1, 0.15) is 67.2 Å². The highest BCUT2D eigenvalue weighted by Crippen LogP contribution is 2.24. The van der Waals surface area contributed by atoms with E-state index in [1.54, 1.807) is 30.3 Å². The summed E-state index contributed by atoms with van der Waals surface area (Å²) in [6.07, 6.45) is 1.87. The van der Waals surface area contributed by atoms with Crippen molar-refractivity contribution in [2.24, 2.45) is 5.41 Å². The van der Waals surface area contributed by atoms with Gasteiger partial charge in [0.25, 0.3) is 0 Å². The number of carbonyl (C=O) groups is 2. The molecule has 0 aliphatic heterocycles. The summed E-state index contributed by atoms with van der Waals surface area (Å²) in [4.78, 5) is 23.9. The smallest absolute Gasteiger partial charge is 0.306 e. The van der Waals surface area contributed by atoms with Crippen molar-refractivity contribution in [2.45, 2.75) is 77.7 Å². The van der Waals surface area contributed by atoms with Gasteiger partial charge in [0.1, 0.15) is 0 Å². The van der Waals surface area contributed by atoms with Gasteiger partial charge < -0.3 is 14.8 Å². The normalized spacial score (nSPS) is 12.6. The maximum atomic E-state index is 13.0. The standard InChI is InChI=1S/C25H42N2O6S/c1-24(2,3)15-10-18-33-23(29)14-13-22(28)26-16-19-32-20-17-27(25(4,5)6)34(30,31)21-11-8-7-9-12-21/h7-9,11-12H,10,13-20H2,1-6H3,(H,26,28). The van der Waals surface area contributed by atoms with E-state index in [4.69, 9.17) is 9.47 Å². The summed E-state index contributed by atoms with van der Waals surface area (Å²) in [5.41, 5.74) is -0.414. The molecular weight excluding hydrogens is 456 g/mol. The van der Waals surface area contributed by atoms with Gasteiger partial charge in [0.05, 0.1) is 31.1 Å². The van der Waals surface area contributed by atoms with Gasteiger partial charge in [-0.3, -0.25) is 9.59 Å². The molecule has 1 aromatic carbocycles. The summed E-state index contributed by atoms with van der Waals surface area (Å²) in [6.45, 7) is 13.2. The predicted octanol–water partition coefficient (Wildman–Crippen LogP) is 3.76. The molecule has 1 aromatic rings. The summed E-state index contributed by atoms with van der Waals surface area (Å²) in [7, 11) is -3.66. The fraction of sp³-hybridized carbons (Fsp3) is 0.680. The molecule has 0 aliphatic carbocycles. The van der Waals surface area contributed by atoms with Crippen LogP contribution >= 0.6 is 0 Å². The number of ether oxygens (including phenoxy) is 2. The average Bonchev–Trinajstić information content (AvgIpc) is 2.73. The summed E-state index contributed by atoms with van der Waals surface area (Å²) in [6, 6.07) is 8.31. The Morgan fingerprint density at radius 3 is 2.18 bits per heavy atom. The van der Waals surface area contributed by atoms with Crippen molar-refractivity contribution in [3.05, 3.63) is 30.3 Å². The van der Waals surface area contributed by atoms with Gasteiger partial charge in [-0.15, -0.1) is 0 Å². The second kappa shape index (κ2) is 13.8. The van der Waals surface area contributed by atoms with E-state index in [0.29, 0.717) is 6.61 Å². The van der Waals surface area contributed by atoms with Crippen molar-refractivity contribution in [3.63, 3.8) is 0 Å². The third-order valence-electron chi connectivity index (χ3n) is 4.98. The Kier molecular flexibility index (Phi) is 12.2. The lowest BCUT2D eigenvalue weighted by Crippen LogP contribution is -2.47. The number of hydrogen-bond acceptors (Lipinski definition) is 6. The molecule has 0 aliphatic rings. The molecule has 0 radical (unpaired) electrons. The van der Waals surface area contributed by atoms with E-state index < -0.39 is 15.6 Å². The Labute approximate surface area is 205 Å². The fourth-order valence-corrected chi connectivity index (χ4v) is 5.00. The largest absolute Gasteiger partial charge is 0.466 e. The van der Waals surface area contributed by atoms with Crippen molar-refractivity contribution >= 4 is 21.9 Å². The number of carbonyl (C=O) groups excluding carboxylic acids is 2. The lowest BCUT2D eigenvalue weighted by Gasteiger charge is -2.34. The molecule has 0 bridgehead atoms. The number of rotatable bonds is 14. The van der Waals surface area contributed by atoms with E-state index in [0.717, 1.165) is 12.8 Å². The third-order valence-corrected chi connectivity index (χ3v) is 7.16. The molecular formula is C25H42N2O6S. The Balaban J connectivity index is 2.28. The van der Waals surface area contributed by atoms with Crippen LogP contribution in [0.5, 0.6) is 0 Å². The number of hydrogen-bond donors (Lipinski definition) is 1. The second-order valence-corrected chi connectivity index (χ2v) is 12.3. The molecule has 1 rings (SSSR count). The van der Waals surface area contributed by atoms with Gasteiger partial charge in [-0.2, -0.15) is 4.31 Å². The molecule has 1 amide bonds. The minimum absolute atomic E-state index is 0.0418. The van der Waals surface area contributed by atoms with E-state index in [-0.39, 0.29) is 61.3 Å². The van der Waals surface area contributed by atoms with Crippen LogP contribution in [0.25, 0.3) is 0 Å². The van der Waals surface area contributed by atoms with Gasteiger partial charge in [-0.1, -0.05) is 39.0 Å². The Bertz CT molecular complexity index is 858. The quantitative estimate of drug-likeness (QED) is 0.310. The average molecular weight is 499 g/mol. The highest BCUT2D eigenvalue weighted by molar-refractivity contribution is 7.89. The number of nitrogens with zero attached hydrogens (tertiary/aromatic N) is 1. The van der Waals surface area contributed by atoms with E-state index in [1.807, 2.05) is 20.8 Å². The highest BCUT2D eigenvalue weighted by Gasteiger charge is 2.33.